The van der Waals surface area contributed by atoms with Crippen LogP contribution < -0.4 is 21.5 Å². The van der Waals surface area contributed by atoms with Crippen LogP contribution in [0.4, 0.5) is 0 Å². The molecular formula is C27H49BrN2. The van der Waals surface area contributed by atoms with Gasteiger partial charge in [0.05, 0.1) is 0 Å². The summed E-state index contributed by atoms with van der Waals surface area (Å²) >= 11 is 0. The molecule has 0 saturated heterocycles. The van der Waals surface area contributed by atoms with Crippen molar-refractivity contribution in [3.8, 4) is 0 Å². The molecule has 0 radical (unpaired) electrons. The number of imidazole rings is 1. The van der Waals surface area contributed by atoms with E-state index in [-0.39, 0.29) is 17.0 Å². The van der Waals surface area contributed by atoms with Gasteiger partial charge in [0.1, 0.15) is 24.5 Å². The Labute approximate surface area is 198 Å². The minimum atomic E-state index is 0. The first-order valence-electron chi connectivity index (χ1n) is 13.5. The molecule has 0 unspecified atom stereocenters. The summed E-state index contributed by atoms with van der Waals surface area (Å²) < 4.78 is 5.20. The van der Waals surface area contributed by atoms with Gasteiger partial charge in [-0.15, -0.1) is 0 Å². The van der Waals surface area contributed by atoms with Gasteiger partial charge in [0.15, 0.2) is 0 Å². The van der Waals surface area contributed by atoms with Crippen molar-refractivity contribution >= 4 is 0 Å². The SMILES string of the molecule is [Br-].c1c[n+](C2CCCCCCCCCCC2)cn1C1CCCCCCCCCCC1. The molecule has 0 aromatic carbocycles. The van der Waals surface area contributed by atoms with E-state index < -0.39 is 0 Å². The molecule has 1 aromatic rings. The molecular weight excluding hydrogens is 432 g/mol. The van der Waals surface area contributed by atoms with Crippen LogP contribution in [0.1, 0.15) is 153 Å². The number of hydrogen-bond donors (Lipinski definition) is 0. The van der Waals surface area contributed by atoms with Crippen molar-refractivity contribution in [3.05, 3.63) is 18.7 Å². The standard InChI is InChI=1S/C27H49N2.BrH/c1-3-7-11-15-19-26(20-16-12-8-4-1)28-23-24-29(25-28)27-21-17-13-9-5-2-6-10-14-18-22-27;/h23-27H,1-22H2;1H/q+1;/p-1. The Morgan fingerprint density at radius 2 is 0.867 bits per heavy atom. The van der Waals surface area contributed by atoms with E-state index >= 15 is 0 Å². The average Bonchev–Trinajstić information content (AvgIpc) is 3.19. The molecule has 30 heavy (non-hydrogen) atoms. The van der Waals surface area contributed by atoms with Gasteiger partial charge in [0.25, 0.3) is 0 Å². The van der Waals surface area contributed by atoms with E-state index in [9.17, 15) is 0 Å². The molecule has 3 heteroatoms. The van der Waals surface area contributed by atoms with E-state index in [1.54, 1.807) is 0 Å². The van der Waals surface area contributed by atoms with E-state index in [1.165, 1.54) is 141 Å². The van der Waals surface area contributed by atoms with Crippen molar-refractivity contribution in [1.29, 1.82) is 0 Å². The lowest BCUT2D eigenvalue weighted by Gasteiger charge is -2.17. The Hall–Kier alpha value is -0.310. The third-order valence-corrected chi connectivity index (χ3v) is 7.67. The van der Waals surface area contributed by atoms with Crippen molar-refractivity contribution in [2.75, 3.05) is 0 Å². The third-order valence-electron chi connectivity index (χ3n) is 7.67. The average molecular weight is 482 g/mol. The Morgan fingerprint density at radius 1 is 0.500 bits per heavy atom. The fraction of sp³-hybridized carbons (Fsp3) is 0.889. The molecule has 1 aromatic heterocycles. The topological polar surface area (TPSA) is 8.81 Å². The van der Waals surface area contributed by atoms with E-state index in [2.05, 4.69) is 27.9 Å². The second-order valence-corrected chi connectivity index (χ2v) is 10.1. The predicted molar refractivity (Wildman–Crippen MR) is 124 cm³/mol. The number of halogens is 1. The zero-order valence-corrected chi connectivity index (χ0v) is 21.3. The Kier molecular flexibility index (Phi) is 14.1. The van der Waals surface area contributed by atoms with Gasteiger partial charge >= 0.3 is 0 Å². The minimum absolute atomic E-state index is 0. The Balaban J connectivity index is 0.00000320. The molecule has 0 N–H and O–H groups in total. The van der Waals surface area contributed by atoms with Gasteiger partial charge in [-0.25, -0.2) is 9.13 Å². The van der Waals surface area contributed by atoms with Crippen LogP contribution in [0.2, 0.25) is 0 Å². The lowest BCUT2D eigenvalue weighted by Crippen LogP contribution is -3.00. The summed E-state index contributed by atoms with van der Waals surface area (Å²) in [5.41, 5.74) is 0. The van der Waals surface area contributed by atoms with Gasteiger partial charge < -0.3 is 17.0 Å². The zero-order valence-electron chi connectivity index (χ0n) is 19.7. The molecule has 0 aliphatic heterocycles. The summed E-state index contributed by atoms with van der Waals surface area (Å²) in [5, 5.41) is 0. The van der Waals surface area contributed by atoms with Crippen molar-refractivity contribution in [2.24, 2.45) is 0 Å². The van der Waals surface area contributed by atoms with Crippen LogP contribution in [-0.2, 0) is 0 Å². The van der Waals surface area contributed by atoms with Crippen molar-refractivity contribution in [1.82, 2.24) is 4.57 Å². The van der Waals surface area contributed by atoms with Crippen LogP contribution in [0.5, 0.6) is 0 Å². The number of rotatable bonds is 2. The summed E-state index contributed by atoms with van der Waals surface area (Å²) in [6.45, 7) is 0. The van der Waals surface area contributed by atoms with Gasteiger partial charge in [0.2, 0.25) is 6.33 Å². The maximum atomic E-state index is 2.60. The molecule has 3 rings (SSSR count). The summed E-state index contributed by atoms with van der Waals surface area (Å²) in [6.07, 6.45) is 39.0. The maximum absolute atomic E-state index is 2.60. The molecule has 2 aliphatic carbocycles. The predicted octanol–water partition coefficient (Wildman–Crippen LogP) is 5.47. The molecule has 2 nitrogen and oxygen atoms in total. The maximum Gasteiger partial charge on any atom is 0.244 e. The van der Waals surface area contributed by atoms with Crippen molar-refractivity contribution < 1.29 is 21.5 Å². The molecule has 0 amide bonds. The van der Waals surface area contributed by atoms with Gasteiger partial charge in [0, 0.05) is 0 Å². The fourth-order valence-corrected chi connectivity index (χ4v) is 5.70. The molecule has 174 valence electrons. The van der Waals surface area contributed by atoms with Crippen LogP contribution in [0.25, 0.3) is 0 Å². The largest absolute Gasteiger partial charge is 1.00 e. The second kappa shape index (κ2) is 16.3. The second-order valence-electron chi connectivity index (χ2n) is 10.1. The van der Waals surface area contributed by atoms with Crippen LogP contribution in [0.3, 0.4) is 0 Å². The molecule has 0 bridgehead atoms. The lowest BCUT2D eigenvalue weighted by molar-refractivity contribution is -0.724. The van der Waals surface area contributed by atoms with Gasteiger partial charge in [-0.3, -0.25) is 0 Å². The van der Waals surface area contributed by atoms with Gasteiger partial charge in [-0.1, -0.05) is 89.9 Å². The van der Waals surface area contributed by atoms with Crippen LogP contribution in [0.15, 0.2) is 18.7 Å². The highest BCUT2D eigenvalue weighted by Gasteiger charge is 2.21. The molecule has 1 heterocycles. The molecule has 2 fully saturated rings. The summed E-state index contributed by atoms with van der Waals surface area (Å²) in [5.74, 6) is 0. The van der Waals surface area contributed by atoms with Gasteiger partial charge in [-0.05, 0) is 51.4 Å². The van der Waals surface area contributed by atoms with E-state index in [0.717, 1.165) is 12.1 Å². The number of nitrogens with zero attached hydrogens (tertiary/aromatic N) is 2. The van der Waals surface area contributed by atoms with Crippen LogP contribution in [0, 0.1) is 0 Å². The zero-order chi connectivity index (χ0) is 20.0. The van der Waals surface area contributed by atoms with Crippen LogP contribution in [-0.4, -0.2) is 4.57 Å². The molecule has 2 aliphatic rings. The monoisotopic (exact) mass is 480 g/mol. The molecule has 0 spiro atoms. The smallest absolute Gasteiger partial charge is 0.244 e. The fourth-order valence-electron chi connectivity index (χ4n) is 5.70. The Bertz CT molecular complexity index is 458. The molecule has 2 saturated carbocycles. The number of aromatic nitrogens is 2. The third kappa shape index (κ3) is 9.88. The van der Waals surface area contributed by atoms with E-state index in [4.69, 9.17) is 0 Å². The summed E-state index contributed by atoms with van der Waals surface area (Å²) in [6, 6.07) is 1.48. The first-order valence-corrected chi connectivity index (χ1v) is 13.5. The highest BCUT2D eigenvalue weighted by molar-refractivity contribution is 4.77. The first-order chi connectivity index (χ1) is 14.4. The number of hydrogen-bond acceptors (Lipinski definition) is 0. The van der Waals surface area contributed by atoms with Crippen molar-refractivity contribution in [3.63, 3.8) is 0 Å². The summed E-state index contributed by atoms with van der Waals surface area (Å²) in [7, 11) is 0. The van der Waals surface area contributed by atoms with E-state index in [0.29, 0.717) is 0 Å². The van der Waals surface area contributed by atoms with Crippen molar-refractivity contribution in [2.45, 2.75) is 153 Å². The summed E-state index contributed by atoms with van der Waals surface area (Å²) in [4.78, 5) is 0. The highest BCUT2D eigenvalue weighted by Crippen LogP contribution is 2.26. The molecule has 0 atom stereocenters. The minimum Gasteiger partial charge on any atom is -1.00 e. The Morgan fingerprint density at radius 3 is 1.30 bits per heavy atom. The highest BCUT2D eigenvalue weighted by atomic mass is 79.9. The van der Waals surface area contributed by atoms with E-state index in [1.807, 2.05) is 0 Å². The van der Waals surface area contributed by atoms with Crippen LogP contribution >= 0.6 is 0 Å². The van der Waals surface area contributed by atoms with Gasteiger partial charge in [-0.2, -0.15) is 0 Å². The first kappa shape index (κ1) is 25.9. The lowest BCUT2D eigenvalue weighted by atomic mass is 9.97. The quantitative estimate of drug-likeness (QED) is 0.496. The normalized spacial score (nSPS) is 23.2.